The summed E-state index contributed by atoms with van der Waals surface area (Å²) in [7, 11) is 0. The first-order chi connectivity index (χ1) is 11.3. The van der Waals surface area contributed by atoms with Gasteiger partial charge in [0, 0.05) is 5.69 Å². The largest absolute Gasteiger partial charge is 0.397 e. The van der Waals surface area contributed by atoms with Crippen LogP contribution in [0.1, 0.15) is 6.42 Å². The lowest BCUT2D eigenvalue weighted by Crippen LogP contribution is -2.21. The van der Waals surface area contributed by atoms with Crippen molar-refractivity contribution in [2.24, 2.45) is 0 Å². The number of hydrogen-bond acceptors (Lipinski definition) is 3. The fourth-order valence-electron chi connectivity index (χ4n) is 2.07. The van der Waals surface area contributed by atoms with Gasteiger partial charge in [-0.2, -0.15) is 18.0 Å². The van der Waals surface area contributed by atoms with Crippen molar-refractivity contribution in [2.75, 3.05) is 5.32 Å². The first-order valence-electron chi connectivity index (χ1n) is 6.80. The highest BCUT2D eigenvalue weighted by atomic mass is 19.4. The number of nitrogens with zero attached hydrogens (tertiary/aromatic N) is 3. The summed E-state index contributed by atoms with van der Waals surface area (Å²) in [6.07, 6.45) is -6.13. The Labute approximate surface area is 132 Å². The number of anilines is 1. The molecule has 0 saturated carbocycles. The van der Waals surface area contributed by atoms with Gasteiger partial charge in [0.25, 0.3) is 0 Å². The summed E-state index contributed by atoms with van der Waals surface area (Å²) in [5.74, 6) is -1.56. The number of carbonyl (C=O) groups is 1. The van der Waals surface area contributed by atoms with Crippen molar-refractivity contribution < 1.29 is 22.4 Å². The van der Waals surface area contributed by atoms with Crippen molar-refractivity contribution >= 4 is 22.6 Å². The second-order valence-electron chi connectivity index (χ2n) is 5.01. The van der Waals surface area contributed by atoms with Gasteiger partial charge in [-0.1, -0.05) is 0 Å². The van der Waals surface area contributed by atoms with E-state index in [9.17, 15) is 22.4 Å². The van der Waals surface area contributed by atoms with E-state index in [1.807, 2.05) is 0 Å². The highest BCUT2D eigenvalue weighted by Crippen LogP contribution is 2.22. The zero-order valence-electron chi connectivity index (χ0n) is 12.0. The second kappa shape index (κ2) is 5.91. The molecule has 1 N–H and O–H groups in total. The quantitative estimate of drug-likeness (QED) is 0.744. The first-order valence-corrected chi connectivity index (χ1v) is 6.80. The molecule has 0 aliphatic carbocycles. The maximum absolute atomic E-state index is 12.9. The van der Waals surface area contributed by atoms with E-state index in [-0.39, 0.29) is 5.69 Å². The lowest BCUT2D eigenvalue weighted by Gasteiger charge is -2.07. The molecule has 0 bridgehead atoms. The van der Waals surface area contributed by atoms with E-state index in [0.717, 1.165) is 0 Å². The van der Waals surface area contributed by atoms with Crippen molar-refractivity contribution in [1.82, 2.24) is 15.0 Å². The van der Waals surface area contributed by atoms with Gasteiger partial charge >= 0.3 is 6.18 Å². The number of nitrogens with one attached hydrogen (secondary N) is 1. The molecule has 0 atom stereocenters. The summed E-state index contributed by atoms with van der Waals surface area (Å²) in [5.41, 5.74) is 1.57. The van der Waals surface area contributed by atoms with Crippen LogP contribution in [-0.4, -0.2) is 27.1 Å². The van der Waals surface area contributed by atoms with Gasteiger partial charge in [0.1, 0.15) is 23.3 Å². The lowest BCUT2D eigenvalue weighted by molar-refractivity contribution is -0.150. The number of rotatable bonds is 3. The average Bonchev–Trinajstić information content (AvgIpc) is 2.89. The molecule has 0 aliphatic rings. The number of alkyl halides is 3. The van der Waals surface area contributed by atoms with Crippen molar-refractivity contribution in [2.45, 2.75) is 12.6 Å². The first kappa shape index (κ1) is 15.9. The molecule has 5 nitrogen and oxygen atoms in total. The Morgan fingerprint density at radius 1 is 1.04 bits per heavy atom. The van der Waals surface area contributed by atoms with E-state index in [1.54, 1.807) is 0 Å². The van der Waals surface area contributed by atoms with E-state index in [2.05, 4.69) is 15.5 Å². The van der Waals surface area contributed by atoms with Crippen LogP contribution in [0.15, 0.2) is 42.5 Å². The van der Waals surface area contributed by atoms with E-state index in [0.29, 0.717) is 16.7 Å². The number of amides is 1. The van der Waals surface area contributed by atoms with Crippen LogP contribution in [0.3, 0.4) is 0 Å². The van der Waals surface area contributed by atoms with Gasteiger partial charge in [-0.05, 0) is 42.5 Å². The third-order valence-electron chi connectivity index (χ3n) is 3.08. The van der Waals surface area contributed by atoms with Crippen LogP contribution in [0.25, 0.3) is 16.7 Å². The lowest BCUT2D eigenvalue weighted by atomic mass is 10.2. The van der Waals surface area contributed by atoms with Gasteiger partial charge < -0.3 is 5.32 Å². The molecule has 0 unspecified atom stereocenters. The highest BCUT2D eigenvalue weighted by molar-refractivity contribution is 5.93. The van der Waals surface area contributed by atoms with Gasteiger partial charge in [-0.3, -0.25) is 4.79 Å². The number of halogens is 4. The summed E-state index contributed by atoms with van der Waals surface area (Å²) in [5, 5.41) is 10.5. The maximum Gasteiger partial charge on any atom is 0.397 e. The van der Waals surface area contributed by atoms with Crippen LogP contribution in [0.5, 0.6) is 0 Å². The SMILES string of the molecule is O=C(CC(F)(F)F)Nc1ccc2nn(-c3ccc(F)cc3)nc2c1. The molecule has 0 radical (unpaired) electrons. The van der Waals surface area contributed by atoms with Crippen LogP contribution in [0.2, 0.25) is 0 Å². The monoisotopic (exact) mass is 338 g/mol. The third kappa shape index (κ3) is 3.67. The smallest absolute Gasteiger partial charge is 0.326 e. The molecular formula is C15H10F4N4O. The minimum atomic E-state index is -4.57. The Balaban J connectivity index is 1.84. The van der Waals surface area contributed by atoms with Crippen molar-refractivity contribution in [1.29, 1.82) is 0 Å². The molecule has 1 aromatic heterocycles. The maximum atomic E-state index is 12.9. The van der Waals surface area contributed by atoms with Gasteiger partial charge in [0.2, 0.25) is 5.91 Å². The normalized spacial score (nSPS) is 11.7. The Morgan fingerprint density at radius 2 is 1.71 bits per heavy atom. The Hall–Kier alpha value is -2.97. The van der Waals surface area contributed by atoms with Gasteiger partial charge in [0.15, 0.2) is 0 Å². The van der Waals surface area contributed by atoms with Crippen LogP contribution in [-0.2, 0) is 4.79 Å². The summed E-state index contributed by atoms with van der Waals surface area (Å²) in [4.78, 5) is 12.6. The fraction of sp³-hybridized carbons (Fsp3) is 0.133. The Bertz CT molecular complexity index is 887. The number of carbonyl (C=O) groups excluding carboxylic acids is 1. The topological polar surface area (TPSA) is 59.8 Å². The summed E-state index contributed by atoms with van der Waals surface area (Å²) in [6.45, 7) is 0. The summed E-state index contributed by atoms with van der Waals surface area (Å²) >= 11 is 0. The minimum absolute atomic E-state index is 0.183. The average molecular weight is 338 g/mol. The van der Waals surface area contributed by atoms with E-state index in [1.165, 1.54) is 47.3 Å². The molecule has 2 aromatic carbocycles. The third-order valence-corrected chi connectivity index (χ3v) is 3.08. The molecule has 3 aromatic rings. The zero-order valence-corrected chi connectivity index (χ0v) is 12.0. The molecule has 9 heteroatoms. The molecule has 0 fully saturated rings. The second-order valence-corrected chi connectivity index (χ2v) is 5.01. The molecule has 0 spiro atoms. The zero-order chi connectivity index (χ0) is 17.3. The van der Waals surface area contributed by atoms with E-state index in [4.69, 9.17) is 0 Å². The van der Waals surface area contributed by atoms with Gasteiger partial charge in [-0.25, -0.2) is 4.39 Å². The number of benzene rings is 2. The number of aromatic nitrogens is 3. The minimum Gasteiger partial charge on any atom is -0.326 e. The molecule has 0 saturated heterocycles. The molecular weight excluding hydrogens is 328 g/mol. The van der Waals surface area contributed by atoms with Crippen molar-refractivity contribution in [3.8, 4) is 5.69 Å². The van der Waals surface area contributed by atoms with Crippen molar-refractivity contribution in [3.05, 3.63) is 48.3 Å². The van der Waals surface area contributed by atoms with E-state index >= 15 is 0 Å². The molecule has 3 rings (SSSR count). The highest BCUT2D eigenvalue weighted by Gasteiger charge is 2.31. The predicted molar refractivity (Wildman–Crippen MR) is 78.1 cm³/mol. The van der Waals surface area contributed by atoms with Crippen LogP contribution >= 0.6 is 0 Å². The molecule has 1 heterocycles. The van der Waals surface area contributed by atoms with Crippen molar-refractivity contribution in [3.63, 3.8) is 0 Å². The number of hydrogen-bond donors (Lipinski definition) is 1. The van der Waals surface area contributed by atoms with E-state index < -0.39 is 24.3 Å². The predicted octanol–water partition coefficient (Wildman–Crippen LogP) is 3.45. The van der Waals surface area contributed by atoms with Gasteiger partial charge in [0.05, 0.1) is 5.69 Å². The molecule has 124 valence electrons. The molecule has 24 heavy (non-hydrogen) atoms. The van der Waals surface area contributed by atoms with Gasteiger partial charge in [-0.15, -0.1) is 10.2 Å². The number of fused-ring (bicyclic) bond motifs is 1. The standard InChI is InChI=1S/C15H10F4N4O/c16-9-1-4-11(5-2-9)23-21-12-6-3-10(7-13(12)22-23)20-14(24)8-15(17,18)19/h1-7H,8H2,(H,20,24). The molecule has 0 aliphatic heterocycles. The van der Waals surface area contributed by atoms with Crippen LogP contribution < -0.4 is 5.32 Å². The Morgan fingerprint density at radius 3 is 2.38 bits per heavy atom. The van der Waals surface area contributed by atoms with Crippen LogP contribution in [0.4, 0.5) is 23.2 Å². The van der Waals surface area contributed by atoms with Crippen LogP contribution in [0, 0.1) is 5.82 Å². The molecule has 1 amide bonds. The fourth-order valence-corrected chi connectivity index (χ4v) is 2.07. The summed E-state index contributed by atoms with van der Waals surface area (Å²) in [6, 6.07) is 9.85. The summed E-state index contributed by atoms with van der Waals surface area (Å²) < 4.78 is 49.4. The Kier molecular flexibility index (Phi) is 3.92.